The average molecular weight is 288 g/mol. The zero-order valence-electron chi connectivity index (χ0n) is 12.2. The summed E-state index contributed by atoms with van der Waals surface area (Å²) in [5.74, 6) is 1.12. The van der Waals surface area contributed by atoms with Crippen LogP contribution < -0.4 is 10.1 Å². The minimum atomic E-state index is -0.387. The van der Waals surface area contributed by atoms with Crippen molar-refractivity contribution in [1.82, 2.24) is 5.32 Å². The monoisotopic (exact) mass is 288 g/mol. The molecule has 2 aliphatic rings. The van der Waals surface area contributed by atoms with E-state index < -0.39 is 0 Å². The van der Waals surface area contributed by atoms with Crippen LogP contribution in [0.5, 0.6) is 5.75 Å². The van der Waals surface area contributed by atoms with E-state index in [2.05, 4.69) is 10.3 Å². The molecule has 1 N–H and O–H groups in total. The second-order valence-electron chi connectivity index (χ2n) is 5.64. The molecule has 5 nitrogen and oxygen atoms in total. The number of amides is 1. The van der Waals surface area contributed by atoms with Gasteiger partial charge in [0.25, 0.3) is 0 Å². The average Bonchev–Trinajstić information content (AvgIpc) is 3.10. The van der Waals surface area contributed by atoms with Gasteiger partial charge in [-0.1, -0.05) is 18.9 Å². The Balaban J connectivity index is 1.63. The third kappa shape index (κ3) is 3.54. The molecule has 0 radical (unpaired) electrons. The van der Waals surface area contributed by atoms with Crippen molar-refractivity contribution in [2.45, 2.75) is 44.7 Å². The lowest BCUT2D eigenvalue weighted by atomic mass is 10.2. The van der Waals surface area contributed by atoms with E-state index in [-0.39, 0.29) is 18.2 Å². The summed E-state index contributed by atoms with van der Waals surface area (Å²) in [5.41, 5.74) is 0.838. The topological polar surface area (TPSA) is 59.9 Å². The maximum Gasteiger partial charge on any atom is 0.412 e. The first-order chi connectivity index (χ1) is 10.2. The van der Waals surface area contributed by atoms with Crippen molar-refractivity contribution in [1.29, 1.82) is 0 Å². The Kier molecular flexibility index (Phi) is 4.08. The summed E-state index contributed by atoms with van der Waals surface area (Å²) in [6.45, 7) is 2.60. The predicted octanol–water partition coefficient (Wildman–Crippen LogP) is 2.88. The molecule has 1 heterocycles. The summed E-state index contributed by atoms with van der Waals surface area (Å²) in [4.78, 5) is 16.3. The van der Waals surface area contributed by atoms with Crippen LogP contribution in [0.3, 0.4) is 0 Å². The molecule has 1 unspecified atom stereocenters. The lowest BCUT2D eigenvalue weighted by Gasteiger charge is -2.12. The van der Waals surface area contributed by atoms with Crippen LogP contribution in [0, 0.1) is 0 Å². The molecule has 0 saturated heterocycles. The number of aliphatic imine (C=N–C) groups is 1. The summed E-state index contributed by atoms with van der Waals surface area (Å²) >= 11 is 0. The molecule has 1 aliphatic heterocycles. The lowest BCUT2D eigenvalue weighted by molar-refractivity contribution is 0.196. The summed E-state index contributed by atoms with van der Waals surface area (Å²) in [7, 11) is 0. The second kappa shape index (κ2) is 6.16. The fourth-order valence-corrected chi connectivity index (χ4v) is 2.70. The molecule has 0 spiro atoms. The highest BCUT2D eigenvalue weighted by molar-refractivity contribution is 5.95. The minimum Gasteiger partial charge on any atom is -0.475 e. The standard InChI is InChI=1S/C16H20N2O3/c1-11-10-20-15(17-11)12-5-4-8-14(9-12)21-16(19)18-13-6-2-3-7-13/h4-5,8-9,11,13H,2-3,6-7,10H2,1H3,(H,18,19). The van der Waals surface area contributed by atoms with Crippen LogP contribution in [0.2, 0.25) is 0 Å². The van der Waals surface area contributed by atoms with Gasteiger partial charge in [0.1, 0.15) is 12.4 Å². The van der Waals surface area contributed by atoms with Gasteiger partial charge >= 0.3 is 6.09 Å². The molecule has 112 valence electrons. The zero-order valence-corrected chi connectivity index (χ0v) is 12.2. The third-order valence-electron chi connectivity index (χ3n) is 3.77. The number of rotatable bonds is 3. The van der Waals surface area contributed by atoms with Crippen LogP contribution in [0.15, 0.2) is 29.3 Å². The highest BCUT2D eigenvalue weighted by Gasteiger charge is 2.19. The zero-order chi connectivity index (χ0) is 14.7. The van der Waals surface area contributed by atoms with Crippen LogP contribution in [0.4, 0.5) is 4.79 Å². The molecule has 1 aromatic rings. The smallest absolute Gasteiger partial charge is 0.412 e. The van der Waals surface area contributed by atoms with Crippen molar-refractivity contribution >= 4 is 12.0 Å². The minimum absolute atomic E-state index is 0.176. The molecule has 1 aromatic carbocycles. The normalized spacial score (nSPS) is 21.8. The third-order valence-corrected chi connectivity index (χ3v) is 3.77. The fraction of sp³-hybridized carbons (Fsp3) is 0.500. The molecule has 0 bridgehead atoms. The van der Waals surface area contributed by atoms with Crippen molar-refractivity contribution in [3.8, 4) is 5.75 Å². The van der Waals surface area contributed by atoms with Crippen LogP contribution >= 0.6 is 0 Å². The van der Waals surface area contributed by atoms with Gasteiger partial charge < -0.3 is 14.8 Å². The van der Waals surface area contributed by atoms with Gasteiger partial charge in [-0.15, -0.1) is 0 Å². The van der Waals surface area contributed by atoms with Gasteiger partial charge in [0, 0.05) is 11.6 Å². The fourth-order valence-electron chi connectivity index (χ4n) is 2.70. The quantitative estimate of drug-likeness (QED) is 0.930. The summed E-state index contributed by atoms with van der Waals surface area (Å²) in [5, 5.41) is 2.90. The molecule has 1 saturated carbocycles. The van der Waals surface area contributed by atoms with Crippen molar-refractivity contribution in [2.75, 3.05) is 6.61 Å². The number of hydrogen-bond acceptors (Lipinski definition) is 4. The lowest BCUT2D eigenvalue weighted by Crippen LogP contribution is -2.34. The SMILES string of the molecule is CC1COC(c2cccc(OC(=O)NC3CCCC3)c2)=N1. The first-order valence-corrected chi connectivity index (χ1v) is 7.50. The molecule has 1 fully saturated rings. The molecule has 0 aromatic heterocycles. The molecular weight excluding hydrogens is 268 g/mol. The number of hydrogen-bond donors (Lipinski definition) is 1. The Bertz CT molecular complexity index is 550. The van der Waals surface area contributed by atoms with E-state index in [0.717, 1.165) is 18.4 Å². The molecule has 1 atom stereocenters. The van der Waals surface area contributed by atoms with Crippen LogP contribution in [0.25, 0.3) is 0 Å². The van der Waals surface area contributed by atoms with Gasteiger partial charge in [0.05, 0.1) is 6.04 Å². The Morgan fingerprint density at radius 1 is 1.38 bits per heavy atom. The first-order valence-electron chi connectivity index (χ1n) is 7.50. The number of ether oxygens (including phenoxy) is 2. The molecule has 3 rings (SSSR count). The van der Waals surface area contributed by atoms with Crippen molar-refractivity contribution in [2.24, 2.45) is 4.99 Å². The highest BCUT2D eigenvalue weighted by atomic mass is 16.6. The Labute approximate surface area is 124 Å². The van der Waals surface area contributed by atoms with E-state index in [9.17, 15) is 4.79 Å². The van der Waals surface area contributed by atoms with Gasteiger partial charge in [-0.05, 0) is 38.0 Å². The molecule has 1 amide bonds. The van der Waals surface area contributed by atoms with Crippen LogP contribution in [-0.2, 0) is 4.74 Å². The number of carbonyl (C=O) groups is 1. The predicted molar refractivity (Wildman–Crippen MR) is 79.8 cm³/mol. The molecule has 1 aliphatic carbocycles. The van der Waals surface area contributed by atoms with Crippen molar-refractivity contribution in [3.63, 3.8) is 0 Å². The Hall–Kier alpha value is -2.04. The molecular formula is C16H20N2O3. The van der Waals surface area contributed by atoms with E-state index in [4.69, 9.17) is 9.47 Å². The number of carbonyl (C=O) groups excluding carboxylic acids is 1. The van der Waals surface area contributed by atoms with E-state index in [0.29, 0.717) is 18.3 Å². The maximum absolute atomic E-state index is 11.9. The van der Waals surface area contributed by atoms with Crippen LogP contribution in [-0.4, -0.2) is 30.7 Å². The van der Waals surface area contributed by atoms with E-state index in [1.165, 1.54) is 12.8 Å². The summed E-state index contributed by atoms with van der Waals surface area (Å²) < 4.78 is 10.9. The summed E-state index contributed by atoms with van der Waals surface area (Å²) in [6, 6.07) is 7.71. The van der Waals surface area contributed by atoms with E-state index in [1.54, 1.807) is 12.1 Å². The largest absolute Gasteiger partial charge is 0.475 e. The van der Waals surface area contributed by atoms with Crippen molar-refractivity contribution in [3.05, 3.63) is 29.8 Å². The maximum atomic E-state index is 11.9. The highest BCUT2D eigenvalue weighted by Crippen LogP contribution is 2.20. The number of nitrogens with one attached hydrogen (secondary N) is 1. The second-order valence-corrected chi connectivity index (χ2v) is 5.64. The van der Waals surface area contributed by atoms with Crippen LogP contribution in [0.1, 0.15) is 38.2 Å². The van der Waals surface area contributed by atoms with Gasteiger partial charge in [0.15, 0.2) is 0 Å². The van der Waals surface area contributed by atoms with Gasteiger partial charge in [-0.3, -0.25) is 0 Å². The van der Waals surface area contributed by atoms with E-state index >= 15 is 0 Å². The Morgan fingerprint density at radius 3 is 2.90 bits per heavy atom. The van der Waals surface area contributed by atoms with E-state index in [1.807, 2.05) is 19.1 Å². The van der Waals surface area contributed by atoms with Gasteiger partial charge in [0.2, 0.25) is 5.90 Å². The first kappa shape index (κ1) is 13.9. The molecule has 5 heteroatoms. The molecule has 21 heavy (non-hydrogen) atoms. The van der Waals surface area contributed by atoms with Gasteiger partial charge in [-0.25, -0.2) is 9.79 Å². The number of benzene rings is 1. The number of nitrogens with zero attached hydrogens (tertiary/aromatic N) is 1. The van der Waals surface area contributed by atoms with Crippen molar-refractivity contribution < 1.29 is 14.3 Å². The van der Waals surface area contributed by atoms with Gasteiger partial charge in [-0.2, -0.15) is 0 Å². The Morgan fingerprint density at radius 2 is 2.19 bits per heavy atom. The summed E-state index contributed by atoms with van der Waals surface area (Å²) in [6.07, 6.45) is 4.04.